The van der Waals surface area contributed by atoms with Crippen LogP contribution >= 0.6 is 11.6 Å². The van der Waals surface area contributed by atoms with Crippen LogP contribution in [0.4, 0.5) is 14.5 Å². The molecule has 9 nitrogen and oxygen atoms in total. The zero-order valence-corrected chi connectivity index (χ0v) is 22.5. The molecule has 1 amide bonds. The number of hydrogen-bond acceptors (Lipinski definition) is 8. The van der Waals surface area contributed by atoms with E-state index in [1.165, 1.54) is 24.1 Å². The molecular formula is C26H25BClF2N5O4. The summed E-state index contributed by atoms with van der Waals surface area (Å²) in [4.78, 5) is 29.8. The third-order valence-electron chi connectivity index (χ3n) is 5.38. The Balaban J connectivity index is 1.99. The molecule has 2 radical (unpaired) electrons. The number of carbonyl (C=O) groups is 1. The number of halogens is 3. The average molecular weight is 556 g/mol. The number of allylic oxidation sites excluding steroid dienone is 3. The van der Waals surface area contributed by atoms with Crippen LogP contribution in [0.5, 0.6) is 0 Å². The third-order valence-corrected chi connectivity index (χ3v) is 5.56. The first-order valence-corrected chi connectivity index (χ1v) is 11.9. The highest BCUT2D eigenvalue weighted by Gasteiger charge is 2.31. The number of aliphatic hydroxyl groups is 2. The zero-order chi connectivity index (χ0) is 29.1. The van der Waals surface area contributed by atoms with E-state index in [0.717, 1.165) is 0 Å². The lowest BCUT2D eigenvalue weighted by atomic mass is 9.90. The highest BCUT2D eigenvalue weighted by atomic mass is 35.5. The minimum atomic E-state index is -2.82. The molecule has 2 N–H and O–H groups in total. The summed E-state index contributed by atoms with van der Waals surface area (Å²) in [5.41, 5.74) is -2.75. The molecule has 3 aromatic rings. The number of carbonyl (C=O) groups excluding carboxylic acids is 1. The van der Waals surface area contributed by atoms with Gasteiger partial charge in [0.25, 0.3) is 0 Å². The number of rotatable bonds is 9. The van der Waals surface area contributed by atoms with Crippen molar-refractivity contribution < 1.29 is 28.5 Å². The summed E-state index contributed by atoms with van der Waals surface area (Å²) >= 11 is 6.15. The van der Waals surface area contributed by atoms with Gasteiger partial charge in [-0.15, -0.1) is 0 Å². The summed E-state index contributed by atoms with van der Waals surface area (Å²) in [6.07, 6.45) is 5.54. The zero-order valence-electron chi connectivity index (χ0n) is 21.8. The minimum absolute atomic E-state index is 0.00105. The predicted molar refractivity (Wildman–Crippen MR) is 141 cm³/mol. The van der Waals surface area contributed by atoms with Crippen molar-refractivity contribution in [3.8, 4) is 11.4 Å². The lowest BCUT2D eigenvalue weighted by Crippen LogP contribution is -2.32. The van der Waals surface area contributed by atoms with Crippen molar-refractivity contribution in [2.24, 2.45) is 0 Å². The van der Waals surface area contributed by atoms with Gasteiger partial charge in [0.05, 0.1) is 28.3 Å². The summed E-state index contributed by atoms with van der Waals surface area (Å²) < 4.78 is 32.8. The summed E-state index contributed by atoms with van der Waals surface area (Å²) in [6, 6.07) is 3.72. The molecule has 202 valence electrons. The highest BCUT2D eigenvalue weighted by molar-refractivity contribution is 6.29. The maximum Gasteiger partial charge on any atom is 0.218 e. The quantitative estimate of drug-likeness (QED) is 0.133. The molecule has 0 fully saturated rings. The van der Waals surface area contributed by atoms with Gasteiger partial charge in [0.1, 0.15) is 22.9 Å². The second-order valence-corrected chi connectivity index (χ2v) is 9.69. The van der Waals surface area contributed by atoms with Gasteiger partial charge in [-0.2, -0.15) is 0 Å². The Kier molecular flexibility index (Phi) is 8.84. The number of amides is 1. The SMILES string of the molecule is [B]C(O)(OC(/C=C(/C)N(C=O)c1cc(-c2ccnc(C(C)(C)O)n2)ncc1C)=C(/C)Cl)c1ncc(F)cc1F. The third kappa shape index (κ3) is 7.02. The van der Waals surface area contributed by atoms with E-state index in [1.807, 2.05) is 0 Å². The van der Waals surface area contributed by atoms with Crippen LogP contribution in [0.25, 0.3) is 11.4 Å². The van der Waals surface area contributed by atoms with Crippen LogP contribution in [0.3, 0.4) is 0 Å². The largest absolute Gasteiger partial charge is 0.465 e. The normalized spacial score (nSPS) is 14.4. The van der Waals surface area contributed by atoms with E-state index in [0.29, 0.717) is 41.3 Å². The molecule has 0 aliphatic rings. The van der Waals surface area contributed by atoms with Crippen molar-refractivity contribution in [2.45, 2.75) is 45.9 Å². The molecule has 3 heterocycles. The van der Waals surface area contributed by atoms with Gasteiger partial charge in [-0.3, -0.25) is 14.7 Å². The van der Waals surface area contributed by atoms with Gasteiger partial charge >= 0.3 is 0 Å². The van der Waals surface area contributed by atoms with Gasteiger partial charge in [0, 0.05) is 30.2 Å². The molecule has 0 aliphatic carbocycles. The first-order valence-electron chi connectivity index (χ1n) is 11.5. The number of hydrogen-bond donors (Lipinski definition) is 2. The van der Waals surface area contributed by atoms with Crippen LogP contribution in [0.15, 0.2) is 59.4 Å². The summed E-state index contributed by atoms with van der Waals surface area (Å²) in [7, 11) is 5.74. The molecule has 13 heteroatoms. The summed E-state index contributed by atoms with van der Waals surface area (Å²) in [6.45, 7) is 7.82. The van der Waals surface area contributed by atoms with E-state index in [1.54, 1.807) is 46.0 Å². The van der Waals surface area contributed by atoms with Crippen molar-refractivity contribution in [3.05, 3.63) is 88.1 Å². The molecule has 3 rings (SSSR count). The first kappa shape index (κ1) is 29.8. The van der Waals surface area contributed by atoms with Crippen molar-refractivity contribution in [1.29, 1.82) is 0 Å². The number of ether oxygens (including phenoxy) is 1. The molecule has 0 saturated carbocycles. The smallest absolute Gasteiger partial charge is 0.218 e. The Hall–Kier alpha value is -3.74. The Morgan fingerprint density at radius 1 is 1.13 bits per heavy atom. The van der Waals surface area contributed by atoms with E-state index in [4.69, 9.17) is 24.2 Å². The number of aryl methyl sites for hydroxylation is 1. The van der Waals surface area contributed by atoms with Gasteiger partial charge in [0.2, 0.25) is 12.1 Å². The molecule has 1 unspecified atom stereocenters. The van der Waals surface area contributed by atoms with Gasteiger partial charge in [-0.05, 0) is 52.3 Å². The maximum absolute atomic E-state index is 14.2. The van der Waals surface area contributed by atoms with E-state index in [2.05, 4.69) is 19.9 Å². The number of nitrogens with zero attached hydrogens (tertiary/aromatic N) is 5. The topological polar surface area (TPSA) is 122 Å². The van der Waals surface area contributed by atoms with Gasteiger partial charge in [-0.1, -0.05) is 11.6 Å². The average Bonchev–Trinajstić information content (AvgIpc) is 2.84. The highest BCUT2D eigenvalue weighted by Crippen LogP contribution is 2.30. The van der Waals surface area contributed by atoms with Crippen LogP contribution in [0.1, 0.15) is 44.8 Å². The molecule has 3 aromatic heterocycles. The van der Waals surface area contributed by atoms with Gasteiger partial charge < -0.3 is 14.9 Å². The molecule has 0 bridgehead atoms. The van der Waals surface area contributed by atoms with Crippen molar-refractivity contribution in [3.63, 3.8) is 0 Å². The van der Waals surface area contributed by atoms with E-state index in [9.17, 15) is 23.8 Å². The molecule has 39 heavy (non-hydrogen) atoms. The second kappa shape index (κ2) is 11.6. The minimum Gasteiger partial charge on any atom is -0.465 e. The summed E-state index contributed by atoms with van der Waals surface area (Å²) in [5, 5.41) is 20.8. The van der Waals surface area contributed by atoms with Crippen LogP contribution < -0.4 is 4.90 Å². The van der Waals surface area contributed by atoms with Gasteiger partial charge in [-0.25, -0.2) is 23.7 Å². The predicted octanol–water partition coefficient (Wildman–Crippen LogP) is 4.07. The Morgan fingerprint density at radius 3 is 2.41 bits per heavy atom. The molecule has 0 aliphatic heterocycles. The first-order chi connectivity index (χ1) is 18.1. The molecule has 0 saturated heterocycles. The van der Waals surface area contributed by atoms with E-state index >= 15 is 0 Å². The molecule has 1 atom stereocenters. The van der Waals surface area contributed by atoms with Gasteiger partial charge in [0.15, 0.2) is 19.5 Å². The van der Waals surface area contributed by atoms with E-state index in [-0.39, 0.29) is 22.3 Å². The van der Waals surface area contributed by atoms with Crippen molar-refractivity contribution in [2.75, 3.05) is 4.90 Å². The van der Waals surface area contributed by atoms with Crippen molar-refractivity contribution >= 4 is 31.5 Å². The maximum atomic E-state index is 14.2. The fourth-order valence-corrected chi connectivity index (χ4v) is 3.48. The molecule has 0 aromatic carbocycles. The molecule has 0 spiro atoms. The van der Waals surface area contributed by atoms with Crippen LogP contribution in [0, 0.1) is 18.6 Å². The fourth-order valence-electron chi connectivity index (χ4n) is 3.39. The lowest BCUT2D eigenvalue weighted by Gasteiger charge is -2.27. The second-order valence-electron chi connectivity index (χ2n) is 9.12. The van der Waals surface area contributed by atoms with Crippen LogP contribution in [0.2, 0.25) is 0 Å². The van der Waals surface area contributed by atoms with Crippen LogP contribution in [-0.4, -0.2) is 44.4 Å². The number of anilines is 1. The number of aromatic nitrogens is 4. The number of pyridine rings is 2. The Bertz CT molecular complexity index is 1460. The summed E-state index contributed by atoms with van der Waals surface area (Å²) in [5.74, 6) is -2.23. The fraction of sp³-hybridized carbons (Fsp3) is 0.269. The monoisotopic (exact) mass is 555 g/mol. The standard InChI is InChI=1S/C26H25BClF2N5O4/c1-14-11-32-20(19-6-7-31-24(34-19)25(4,5)37)10-21(14)35(13-36)15(2)8-22(16(3)28)39-26(27,38)23-18(30)9-17(29)12-33-23/h6-13,37-38H,1-5H3/b15-8-,22-16-. The van der Waals surface area contributed by atoms with Crippen LogP contribution in [-0.2, 0) is 20.8 Å². The molecular weight excluding hydrogens is 531 g/mol. The Morgan fingerprint density at radius 2 is 1.82 bits per heavy atom. The Labute approximate surface area is 230 Å². The van der Waals surface area contributed by atoms with Crippen molar-refractivity contribution in [1.82, 2.24) is 19.9 Å². The lowest BCUT2D eigenvalue weighted by molar-refractivity contribution is -0.115. The van der Waals surface area contributed by atoms with E-state index < -0.39 is 28.6 Å².